The summed E-state index contributed by atoms with van der Waals surface area (Å²) in [5.41, 5.74) is 1.10. The number of phenolic OH excluding ortho intramolecular Hbond substituents is 1. The van der Waals surface area contributed by atoms with Gasteiger partial charge in [0.05, 0.1) is 4.88 Å². The molecule has 7 heteroatoms. The standard InChI is InChI=1S/C13H11NO4S2/c1-7(8-3-2-4-9(15)5-8)11-12(18)14(6-10(16)17)13(19)20-11/h2-5,15,18H,1,6H2,(H,16,17). The Morgan fingerprint density at radius 1 is 1.40 bits per heavy atom. The van der Waals surface area contributed by atoms with Gasteiger partial charge >= 0.3 is 5.97 Å². The highest BCUT2D eigenvalue weighted by atomic mass is 32.1. The molecule has 1 heterocycles. The molecule has 1 aromatic heterocycles. The van der Waals surface area contributed by atoms with Crippen molar-refractivity contribution in [1.82, 2.24) is 4.57 Å². The lowest BCUT2D eigenvalue weighted by atomic mass is 10.1. The van der Waals surface area contributed by atoms with Gasteiger partial charge in [0.15, 0.2) is 3.95 Å². The number of rotatable bonds is 4. The Morgan fingerprint density at radius 2 is 2.10 bits per heavy atom. The number of hydrogen-bond donors (Lipinski definition) is 3. The van der Waals surface area contributed by atoms with Gasteiger partial charge in [-0.2, -0.15) is 0 Å². The van der Waals surface area contributed by atoms with Crippen molar-refractivity contribution in [3.8, 4) is 11.6 Å². The molecule has 0 fully saturated rings. The fraction of sp³-hybridized carbons (Fsp3) is 0.0769. The lowest BCUT2D eigenvalue weighted by Gasteiger charge is -2.05. The Kier molecular flexibility index (Phi) is 3.91. The van der Waals surface area contributed by atoms with E-state index in [1.54, 1.807) is 12.1 Å². The number of carboxylic acid groups (broad SMARTS) is 1. The van der Waals surface area contributed by atoms with E-state index in [0.29, 0.717) is 16.0 Å². The third kappa shape index (κ3) is 2.73. The molecule has 0 aliphatic rings. The molecule has 0 bridgehead atoms. The first kappa shape index (κ1) is 14.3. The van der Waals surface area contributed by atoms with Crippen molar-refractivity contribution >= 4 is 35.1 Å². The normalized spacial score (nSPS) is 10.4. The second-order valence-corrected chi connectivity index (χ2v) is 5.67. The summed E-state index contributed by atoms with van der Waals surface area (Å²) >= 11 is 6.12. The van der Waals surface area contributed by atoms with Crippen LogP contribution in [0, 0.1) is 3.95 Å². The van der Waals surface area contributed by atoms with E-state index in [1.165, 1.54) is 12.1 Å². The molecule has 2 aromatic rings. The van der Waals surface area contributed by atoms with E-state index in [9.17, 15) is 15.0 Å². The second kappa shape index (κ2) is 5.48. The van der Waals surface area contributed by atoms with Crippen LogP contribution in [0.5, 0.6) is 11.6 Å². The molecule has 0 unspecified atom stereocenters. The summed E-state index contributed by atoms with van der Waals surface area (Å²) in [6, 6.07) is 6.41. The number of phenols is 1. The van der Waals surface area contributed by atoms with Crippen LogP contribution in [0.1, 0.15) is 10.4 Å². The van der Waals surface area contributed by atoms with Crippen LogP contribution in [0.3, 0.4) is 0 Å². The van der Waals surface area contributed by atoms with Crippen LogP contribution in [-0.2, 0) is 11.3 Å². The molecule has 3 N–H and O–H groups in total. The Balaban J connectivity index is 2.46. The molecule has 0 aliphatic heterocycles. The van der Waals surface area contributed by atoms with Crippen LogP contribution in [0.25, 0.3) is 5.57 Å². The van der Waals surface area contributed by atoms with Crippen molar-refractivity contribution in [3.63, 3.8) is 0 Å². The minimum absolute atomic E-state index is 0.0803. The number of aromatic hydroxyl groups is 2. The van der Waals surface area contributed by atoms with Crippen LogP contribution in [0.15, 0.2) is 30.8 Å². The van der Waals surface area contributed by atoms with E-state index in [-0.39, 0.29) is 15.6 Å². The van der Waals surface area contributed by atoms with Crippen LogP contribution in [-0.4, -0.2) is 25.9 Å². The SMILES string of the molecule is C=C(c1cccc(O)c1)c1sc(=S)n(CC(=O)O)c1O. The number of thiazole rings is 1. The van der Waals surface area contributed by atoms with Gasteiger partial charge in [0.25, 0.3) is 0 Å². The summed E-state index contributed by atoms with van der Waals surface area (Å²) in [5, 5.41) is 28.3. The van der Waals surface area contributed by atoms with Gasteiger partial charge in [-0.3, -0.25) is 9.36 Å². The molecule has 104 valence electrons. The third-order valence-corrected chi connectivity index (χ3v) is 4.13. The van der Waals surface area contributed by atoms with E-state index in [2.05, 4.69) is 6.58 Å². The van der Waals surface area contributed by atoms with E-state index < -0.39 is 12.5 Å². The number of aromatic nitrogens is 1. The number of carboxylic acids is 1. The maximum Gasteiger partial charge on any atom is 0.323 e. The Morgan fingerprint density at radius 3 is 2.70 bits per heavy atom. The molecule has 20 heavy (non-hydrogen) atoms. The number of benzene rings is 1. The first-order valence-corrected chi connectivity index (χ1v) is 6.75. The molecule has 0 atom stereocenters. The Labute approximate surface area is 123 Å². The largest absolute Gasteiger partial charge is 0.508 e. The van der Waals surface area contributed by atoms with Gasteiger partial charge in [-0.25, -0.2) is 0 Å². The zero-order valence-corrected chi connectivity index (χ0v) is 11.9. The van der Waals surface area contributed by atoms with Crippen LogP contribution < -0.4 is 0 Å². The minimum atomic E-state index is -1.09. The van der Waals surface area contributed by atoms with Crippen LogP contribution in [0.4, 0.5) is 0 Å². The Bertz CT molecular complexity index is 745. The maximum atomic E-state index is 10.7. The minimum Gasteiger partial charge on any atom is -0.508 e. The fourth-order valence-electron chi connectivity index (χ4n) is 1.69. The van der Waals surface area contributed by atoms with Gasteiger partial charge in [-0.05, 0) is 35.5 Å². The molecule has 1 aromatic carbocycles. The van der Waals surface area contributed by atoms with Gasteiger partial charge in [-0.1, -0.05) is 18.7 Å². The van der Waals surface area contributed by atoms with Crippen molar-refractivity contribution in [3.05, 3.63) is 45.2 Å². The van der Waals surface area contributed by atoms with Crippen molar-refractivity contribution in [2.24, 2.45) is 0 Å². The average Bonchev–Trinajstić information content (AvgIpc) is 2.65. The van der Waals surface area contributed by atoms with Gasteiger partial charge in [0.2, 0.25) is 5.88 Å². The zero-order chi connectivity index (χ0) is 14.9. The summed E-state index contributed by atoms with van der Waals surface area (Å²) in [4.78, 5) is 11.1. The molecule has 5 nitrogen and oxygen atoms in total. The number of hydrogen-bond acceptors (Lipinski definition) is 5. The van der Waals surface area contributed by atoms with Gasteiger partial charge < -0.3 is 15.3 Å². The first-order chi connectivity index (χ1) is 9.40. The zero-order valence-electron chi connectivity index (χ0n) is 10.2. The van der Waals surface area contributed by atoms with Crippen molar-refractivity contribution in [1.29, 1.82) is 0 Å². The molecule has 0 radical (unpaired) electrons. The molecular formula is C13H11NO4S2. The monoisotopic (exact) mass is 309 g/mol. The molecule has 0 amide bonds. The van der Waals surface area contributed by atoms with Crippen molar-refractivity contribution < 1.29 is 20.1 Å². The summed E-state index contributed by atoms with van der Waals surface area (Å²) in [6.07, 6.45) is 0. The Hall–Kier alpha value is -2.12. The van der Waals surface area contributed by atoms with Crippen molar-refractivity contribution in [2.45, 2.75) is 6.54 Å². The molecule has 2 rings (SSSR count). The van der Waals surface area contributed by atoms with Crippen LogP contribution in [0.2, 0.25) is 0 Å². The number of carbonyl (C=O) groups is 1. The highest BCUT2D eigenvalue weighted by molar-refractivity contribution is 7.73. The predicted molar refractivity (Wildman–Crippen MR) is 78.7 cm³/mol. The lowest BCUT2D eigenvalue weighted by molar-refractivity contribution is -0.137. The topological polar surface area (TPSA) is 82.7 Å². The average molecular weight is 309 g/mol. The summed E-state index contributed by atoms with van der Waals surface area (Å²) in [5.74, 6) is -1.24. The summed E-state index contributed by atoms with van der Waals surface area (Å²) in [7, 11) is 0. The van der Waals surface area contributed by atoms with E-state index in [1.807, 2.05) is 0 Å². The third-order valence-electron chi connectivity index (χ3n) is 2.63. The fourth-order valence-corrected chi connectivity index (χ4v) is 2.97. The van der Waals surface area contributed by atoms with E-state index >= 15 is 0 Å². The maximum absolute atomic E-state index is 10.7. The van der Waals surface area contributed by atoms with E-state index in [0.717, 1.165) is 15.9 Å². The molecule has 0 saturated heterocycles. The smallest absolute Gasteiger partial charge is 0.323 e. The van der Waals surface area contributed by atoms with Crippen LogP contribution >= 0.6 is 23.6 Å². The number of aliphatic carboxylic acids is 1. The number of nitrogens with zero attached hydrogens (tertiary/aromatic N) is 1. The summed E-state index contributed by atoms with van der Waals surface area (Å²) in [6.45, 7) is 3.45. The van der Waals surface area contributed by atoms with E-state index in [4.69, 9.17) is 17.3 Å². The molecular weight excluding hydrogens is 298 g/mol. The highest BCUT2D eigenvalue weighted by Gasteiger charge is 2.17. The lowest BCUT2D eigenvalue weighted by Crippen LogP contribution is -2.08. The second-order valence-electron chi connectivity index (χ2n) is 4.03. The van der Waals surface area contributed by atoms with Gasteiger partial charge in [0.1, 0.15) is 12.3 Å². The van der Waals surface area contributed by atoms with Crippen molar-refractivity contribution in [2.75, 3.05) is 0 Å². The molecule has 0 aliphatic carbocycles. The van der Waals surface area contributed by atoms with Gasteiger partial charge in [0, 0.05) is 0 Å². The highest BCUT2D eigenvalue weighted by Crippen LogP contribution is 2.35. The predicted octanol–water partition coefficient (Wildman–Crippen LogP) is 2.84. The summed E-state index contributed by atoms with van der Waals surface area (Å²) < 4.78 is 1.38. The quantitative estimate of drug-likeness (QED) is 0.757. The molecule has 0 spiro atoms. The van der Waals surface area contributed by atoms with Gasteiger partial charge in [-0.15, -0.1) is 11.3 Å². The first-order valence-electron chi connectivity index (χ1n) is 5.53. The molecule has 0 saturated carbocycles.